The topological polar surface area (TPSA) is 35.2 Å². The molecule has 2 nitrogen and oxygen atoms in total. The zero-order valence-electron chi connectivity index (χ0n) is 11.0. The Bertz CT molecular complexity index is 394. The highest BCUT2D eigenvalue weighted by atomic mass is 79.9. The van der Waals surface area contributed by atoms with Gasteiger partial charge in [-0.05, 0) is 25.0 Å². The number of rotatable bonds is 5. The first-order chi connectivity index (χ1) is 8.70. The lowest BCUT2D eigenvalue weighted by Crippen LogP contribution is -2.29. The second kappa shape index (κ2) is 6.58. The minimum atomic E-state index is 0.123. The van der Waals surface area contributed by atoms with Crippen molar-refractivity contribution in [2.24, 2.45) is 5.73 Å². The van der Waals surface area contributed by atoms with Crippen LogP contribution in [0.3, 0.4) is 0 Å². The Hall–Kier alpha value is -0.540. The third kappa shape index (κ3) is 3.48. The molecule has 0 saturated carbocycles. The van der Waals surface area contributed by atoms with Crippen molar-refractivity contribution in [2.75, 3.05) is 0 Å². The molecule has 18 heavy (non-hydrogen) atoms. The summed E-state index contributed by atoms with van der Waals surface area (Å²) in [6.07, 6.45) is 7.51. The van der Waals surface area contributed by atoms with Crippen LogP contribution in [-0.2, 0) is 0 Å². The highest BCUT2D eigenvalue weighted by Crippen LogP contribution is 2.36. The van der Waals surface area contributed by atoms with E-state index in [0.29, 0.717) is 6.10 Å². The predicted octanol–water partition coefficient (Wildman–Crippen LogP) is 4.57. The van der Waals surface area contributed by atoms with E-state index >= 15 is 0 Å². The van der Waals surface area contributed by atoms with Crippen LogP contribution in [0.4, 0.5) is 0 Å². The summed E-state index contributed by atoms with van der Waals surface area (Å²) in [6, 6.07) is 6.26. The lowest BCUT2D eigenvalue weighted by Gasteiger charge is -2.30. The van der Waals surface area contributed by atoms with E-state index in [2.05, 4.69) is 28.9 Å². The summed E-state index contributed by atoms with van der Waals surface area (Å²) in [6.45, 7) is 2.24. The fourth-order valence-corrected chi connectivity index (χ4v) is 2.87. The predicted molar refractivity (Wildman–Crippen MR) is 78.9 cm³/mol. The molecular formula is C15H22BrNO. The quantitative estimate of drug-likeness (QED) is 0.808. The van der Waals surface area contributed by atoms with Gasteiger partial charge in [0.1, 0.15) is 11.9 Å². The highest BCUT2D eigenvalue weighted by Gasteiger charge is 2.25. The number of fused-ring (bicyclic) bond motifs is 1. The number of halogens is 1. The van der Waals surface area contributed by atoms with Gasteiger partial charge in [0.05, 0.1) is 0 Å². The number of hydrogen-bond acceptors (Lipinski definition) is 2. The van der Waals surface area contributed by atoms with Gasteiger partial charge in [-0.1, -0.05) is 48.2 Å². The van der Waals surface area contributed by atoms with Crippen molar-refractivity contribution in [3.63, 3.8) is 0 Å². The van der Waals surface area contributed by atoms with Crippen molar-refractivity contribution < 1.29 is 4.74 Å². The minimum Gasteiger partial charge on any atom is -0.490 e. The molecule has 0 aliphatic carbocycles. The zero-order chi connectivity index (χ0) is 13.0. The smallest absolute Gasteiger partial charge is 0.125 e. The van der Waals surface area contributed by atoms with Gasteiger partial charge in [0.2, 0.25) is 0 Å². The molecule has 0 amide bonds. The molecule has 1 aromatic carbocycles. The molecule has 2 atom stereocenters. The van der Waals surface area contributed by atoms with E-state index in [9.17, 15) is 0 Å². The van der Waals surface area contributed by atoms with Crippen LogP contribution < -0.4 is 10.5 Å². The van der Waals surface area contributed by atoms with E-state index in [1.54, 1.807) is 0 Å². The Kier molecular flexibility index (Phi) is 5.07. The Labute approximate surface area is 118 Å². The first-order valence-corrected chi connectivity index (χ1v) is 7.71. The van der Waals surface area contributed by atoms with E-state index in [-0.39, 0.29) is 6.04 Å². The number of nitrogens with two attached hydrogens (primary N) is 1. The Morgan fingerprint density at radius 2 is 2.17 bits per heavy atom. The van der Waals surface area contributed by atoms with Crippen LogP contribution in [0.1, 0.15) is 57.1 Å². The van der Waals surface area contributed by atoms with Gasteiger partial charge in [0, 0.05) is 22.5 Å². The van der Waals surface area contributed by atoms with Gasteiger partial charge in [-0.15, -0.1) is 0 Å². The monoisotopic (exact) mass is 311 g/mol. The van der Waals surface area contributed by atoms with Crippen molar-refractivity contribution in [3.05, 3.63) is 28.2 Å². The molecule has 0 spiro atoms. The van der Waals surface area contributed by atoms with Crippen LogP contribution in [0, 0.1) is 0 Å². The molecule has 0 bridgehead atoms. The van der Waals surface area contributed by atoms with E-state index in [1.807, 2.05) is 12.1 Å². The standard InChI is InChI=1S/C15H22BrNO/c1-2-3-4-5-6-12-10-14(17)13-8-7-11(16)9-15(13)18-12/h7-9,12,14H,2-6,10,17H2,1H3. The van der Waals surface area contributed by atoms with Crippen molar-refractivity contribution in [3.8, 4) is 5.75 Å². The fraction of sp³-hybridized carbons (Fsp3) is 0.600. The summed E-state index contributed by atoms with van der Waals surface area (Å²) in [5.41, 5.74) is 7.36. The Balaban J connectivity index is 1.94. The molecule has 0 saturated heterocycles. The average molecular weight is 312 g/mol. The van der Waals surface area contributed by atoms with Crippen LogP contribution in [0.15, 0.2) is 22.7 Å². The Morgan fingerprint density at radius 3 is 2.94 bits per heavy atom. The van der Waals surface area contributed by atoms with Gasteiger partial charge >= 0.3 is 0 Å². The molecule has 100 valence electrons. The van der Waals surface area contributed by atoms with Crippen molar-refractivity contribution in [1.82, 2.24) is 0 Å². The SMILES string of the molecule is CCCCCCC1CC(N)c2ccc(Br)cc2O1. The number of ether oxygens (including phenoxy) is 1. The molecule has 2 N–H and O–H groups in total. The Morgan fingerprint density at radius 1 is 1.33 bits per heavy atom. The van der Waals surface area contributed by atoms with Crippen LogP contribution in [0.5, 0.6) is 5.75 Å². The van der Waals surface area contributed by atoms with Crippen LogP contribution in [0.25, 0.3) is 0 Å². The maximum absolute atomic E-state index is 6.22. The van der Waals surface area contributed by atoms with Gasteiger partial charge in [0.25, 0.3) is 0 Å². The van der Waals surface area contributed by atoms with E-state index in [1.165, 1.54) is 25.7 Å². The largest absolute Gasteiger partial charge is 0.490 e. The molecule has 1 heterocycles. The van der Waals surface area contributed by atoms with Gasteiger partial charge in [-0.2, -0.15) is 0 Å². The maximum atomic E-state index is 6.22. The molecule has 0 fully saturated rings. The maximum Gasteiger partial charge on any atom is 0.125 e. The second-order valence-electron chi connectivity index (χ2n) is 5.11. The van der Waals surface area contributed by atoms with Gasteiger partial charge in [-0.3, -0.25) is 0 Å². The van der Waals surface area contributed by atoms with Crippen molar-refractivity contribution >= 4 is 15.9 Å². The molecule has 2 rings (SSSR count). The van der Waals surface area contributed by atoms with Crippen molar-refractivity contribution in [2.45, 2.75) is 57.6 Å². The summed E-state index contributed by atoms with van der Waals surface area (Å²) >= 11 is 3.48. The van der Waals surface area contributed by atoms with Gasteiger partial charge in [-0.25, -0.2) is 0 Å². The zero-order valence-corrected chi connectivity index (χ0v) is 12.6. The summed E-state index contributed by atoms with van der Waals surface area (Å²) in [5, 5.41) is 0. The summed E-state index contributed by atoms with van der Waals surface area (Å²) in [7, 11) is 0. The van der Waals surface area contributed by atoms with Crippen LogP contribution in [0.2, 0.25) is 0 Å². The first kappa shape index (κ1) is 13.9. The first-order valence-electron chi connectivity index (χ1n) is 6.92. The van der Waals surface area contributed by atoms with E-state index in [0.717, 1.165) is 28.6 Å². The average Bonchev–Trinajstić information content (AvgIpc) is 2.34. The highest BCUT2D eigenvalue weighted by molar-refractivity contribution is 9.10. The van der Waals surface area contributed by atoms with Crippen LogP contribution in [-0.4, -0.2) is 6.10 Å². The van der Waals surface area contributed by atoms with Crippen LogP contribution >= 0.6 is 15.9 Å². The molecule has 1 aliphatic heterocycles. The lowest BCUT2D eigenvalue weighted by atomic mass is 9.94. The normalized spacial score (nSPS) is 22.4. The molecule has 3 heteroatoms. The molecular weight excluding hydrogens is 290 g/mol. The third-order valence-corrected chi connectivity index (χ3v) is 4.06. The fourth-order valence-electron chi connectivity index (χ4n) is 2.53. The number of hydrogen-bond donors (Lipinski definition) is 1. The molecule has 2 unspecified atom stereocenters. The number of unbranched alkanes of at least 4 members (excludes halogenated alkanes) is 3. The van der Waals surface area contributed by atoms with Gasteiger partial charge in [0.15, 0.2) is 0 Å². The summed E-state index contributed by atoms with van der Waals surface area (Å²) in [5.74, 6) is 0.962. The number of benzene rings is 1. The van der Waals surface area contributed by atoms with Gasteiger partial charge < -0.3 is 10.5 Å². The van der Waals surface area contributed by atoms with Crippen molar-refractivity contribution in [1.29, 1.82) is 0 Å². The van der Waals surface area contributed by atoms with E-state index < -0.39 is 0 Å². The molecule has 0 aromatic heterocycles. The minimum absolute atomic E-state index is 0.123. The third-order valence-electron chi connectivity index (χ3n) is 3.57. The molecule has 0 radical (unpaired) electrons. The molecule has 1 aliphatic rings. The summed E-state index contributed by atoms with van der Waals surface area (Å²) in [4.78, 5) is 0. The van der Waals surface area contributed by atoms with E-state index in [4.69, 9.17) is 10.5 Å². The summed E-state index contributed by atoms with van der Waals surface area (Å²) < 4.78 is 7.11. The molecule has 1 aromatic rings. The second-order valence-corrected chi connectivity index (χ2v) is 6.03. The lowest BCUT2D eigenvalue weighted by molar-refractivity contribution is 0.146.